The Morgan fingerprint density at radius 1 is 1.22 bits per heavy atom. The summed E-state index contributed by atoms with van der Waals surface area (Å²) in [5, 5.41) is 2.75. The van der Waals surface area contributed by atoms with Gasteiger partial charge in [-0.3, -0.25) is 19.4 Å². The van der Waals surface area contributed by atoms with E-state index in [2.05, 4.69) is 31.0 Å². The van der Waals surface area contributed by atoms with Crippen LogP contribution in [0, 0.1) is 5.82 Å². The van der Waals surface area contributed by atoms with Crippen molar-refractivity contribution in [3.63, 3.8) is 0 Å². The molecule has 0 aliphatic carbocycles. The van der Waals surface area contributed by atoms with Crippen LogP contribution in [-0.4, -0.2) is 67.0 Å². The highest BCUT2D eigenvalue weighted by Crippen LogP contribution is 2.17. The van der Waals surface area contributed by atoms with Crippen molar-refractivity contribution in [1.82, 2.24) is 15.1 Å². The predicted molar refractivity (Wildman–Crippen MR) is 105 cm³/mol. The number of piperazine rings is 1. The van der Waals surface area contributed by atoms with E-state index in [0.29, 0.717) is 18.7 Å². The predicted octanol–water partition coefficient (Wildman–Crippen LogP) is 2.16. The van der Waals surface area contributed by atoms with Crippen molar-refractivity contribution >= 4 is 27.8 Å². The van der Waals surface area contributed by atoms with Gasteiger partial charge in [-0.25, -0.2) is 4.39 Å². The number of carbonyl (C=O) groups excluding carboxylic acids is 2. The smallest absolute Gasteiger partial charge is 0.307 e. The van der Waals surface area contributed by atoms with E-state index in [-0.39, 0.29) is 36.8 Å². The monoisotopic (exact) mass is 443 g/mol. The van der Waals surface area contributed by atoms with Crippen LogP contribution >= 0.6 is 15.9 Å². The number of hydrogen-bond donors (Lipinski definition) is 1. The molecule has 6 nitrogen and oxygen atoms in total. The molecule has 1 aromatic rings. The molecule has 1 N–H and O–H groups in total. The van der Waals surface area contributed by atoms with Gasteiger partial charge in [-0.05, 0) is 26.0 Å². The second-order valence-corrected chi connectivity index (χ2v) is 7.84. The first kappa shape index (κ1) is 21.8. The number of halogens is 2. The van der Waals surface area contributed by atoms with Gasteiger partial charge in [0.25, 0.3) is 0 Å². The molecule has 0 bridgehead atoms. The van der Waals surface area contributed by atoms with Crippen LogP contribution in [-0.2, 0) is 20.9 Å². The van der Waals surface area contributed by atoms with Crippen LogP contribution in [0.15, 0.2) is 22.7 Å². The van der Waals surface area contributed by atoms with Gasteiger partial charge in [-0.2, -0.15) is 0 Å². The molecule has 0 unspecified atom stereocenters. The molecule has 1 aliphatic heterocycles. The lowest BCUT2D eigenvalue weighted by Crippen LogP contribution is -2.49. The second-order valence-electron chi connectivity index (χ2n) is 6.93. The quantitative estimate of drug-likeness (QED) is 0.623. The molecule has 150 valence electrons. The largest absolute Gasteiger partial charge is 0.463 e. The maximum absolute atomic E-state index is 13.9. The Morgan fingerprint density at radius 2 is 1.89 bits per heavy atom. The first-order valence-corrected chi connectivity index (χ1v) is 9.97. The third kappa shape index (κ3) is 7.94. The lowest BCUT2D eigenvalue weighted by Gasteiger charge is -2.34. The van der Waals surface area contributed by atoms with Gasteiger partial charge in [0, 0.05) is 49.3 Å². The van der Waals surface area contributed by atoms with Crippen molar-refractivity contribution < 1.29 is 18.7 Å². The highest BCUT2D eigenvalue weighted by atomic mass is 79.9. The van der Waals surface area contributed by atoms with E-state index in [9.17, 15) is 14.0 Å². The first-order valence-electron chi connectivity index (χ1n) is 9.18. The summed E-state index contributed by atoms with van der Waals surface area (Å²) in [6.45, 7) is 7.81. The van der Waals surface area contributed by atoms with E-state index >= 15 is 0 Å². The molecule has 0 radical (unpaired) electrons. The average molecular weight is 444 g/mol. The van der Waals surface area contributed by atoms with E-state index in [1.807, 2.05) is 6.07 Å². The molecule has 27 heavy (non-hydrogen) atoms. The van der Waals surface area contributed by atoms with Gasteiger partial charge in [0.15, 0.2) is 0 Å². The number of nitrogens with one attached hydrogen (secondary N) is 1. The number of rotatable bonds is 8. The van der Waals surface area contributed by atoms with E-state index in [1.165, 1.54) is 6.07 Å². The highest BCUT2D eigenvalue weighted by Gasteiger charge is 2.20. The summed E-state index contributed by atoms with van der Waals surface area (Å²) >= 11 is 3.26. The fourth-order valence-electron chi connectivity index (χ4n) is 2.88. The normalized spacial score (nSPS) is 15.7. The first-order chi connectivity index (χ1) is 12.8. The van der Waals surface area contributed by atoms with Crippen LogP contribution in [0.3, 0.4) is 0 Å². The second kappa shape index (κ2) is 10.7. The molecular formula is C19H27BrFN3O3. The van der Waals surface area contributed by atoms with Crippen LogP contribution in [0.4, 0.5) is 4.39 Å². The van der Waals surface area contributed by atoms with Crippen LogP contribution in [0.25, 0.3) is 0 Å². The Labute approximate surface area is 168 Å². The number of amides is 1. The van der Waals surface area contributed by atoms with Crippen molar-refractivity contribution in [3.05, 3.63) is 34.1 Å². The minimum atomic E-state index is -0.306. The molecule has 0 saturated carbocycles. The molecule has 8 heteroatoms. The Kier molecular flexibility index (Phi) is 8.66. The Hall–Kier alpha value is -1.51. The zero-order chi connectivity index (χ0) is 19.8. The SMILES string of the molecule is CC(C)OC(=O)CCNC(=O)CN1CCN(Cc2ccc(Br)cc2F)CC1. The molecule has 1 fully saturated rings. The molecule has 0 aromatic heterocycles. The summed E-state index contributed by atoms with van der Waals surface area (Å²) < 4.78 is 19.7. The maximum atomic E-state index is 13.9. The zero-order valence-corrected chi connectivity index (χ0v) is 17.4. The van der Waals surface area contributed by atoms with Gasteiger partial charge < -0.3 is 10.1 Å². The minimum Gasteiger partial charge on any atom is -0.463 e. The van der Waals surface area contributed by atoms with Crippen molar-refractivity contribution in [2.75, 3.05) is 39.3 Å². The molecule has 0 spiro atoms. The molecule has 1 heterocycles. The highest BCUT2D eigenvalue weighted by molar-refractivity contribution is 9.10. The molecular weight excluding hydrogens is 417 g/mol. The summed E-state index contributed by atoms with van der Waals surface area (Å²) in [6, 6.07) is 5.12. The van der Waals surface area contributed by atoms with Gasteiger partial charge >= 0.3 is 5.97 Å². The van der Waals surface area contributed by atoms with Crippen molar-refractivity contribution in [1.29, 1.82) is 0 Å². The summed E-state index contributed by atoms with van der Waals surface area (Å²) in [6.07, 6.45) is 0.0339. The molecule has 1 saturated heterocycles. The average Bonchev–Trinajstić information content (AvgIpc) is 2.58. The lowest BCUT2D eigenvalue weighted by molar-refractivity contribution is -0.147. The van der Waals surface area contributed by atoms with Crippen LogP contribution in [0.5, 0.6) is 0 Å². The molecule has 1 aliphatic rings. The Balaban J connectivity index is 1.65. The third-order valence-corrected chi connectivity index (χ3v) is 4.75. The number of carbonyl (C=O) groups is 2. The number of nitrogens with zero attached hydrogens (tertiary/aromatic N) is 2. The Bertz CT molecular complexity index is 649. The molecule has 1 amide bonds. The fraction of sp³-hybridized carbons (Fsp3) is 0.579. The van der Waals surface area contributed by atoms with Crippen LogP contribution < -0.4 is 5.32 Å². The fourth-order valence-corrected chi connectivity index (χ4v) is 3.21. The van der Waals surface area contributed by atoms with Gasteiger partial charge in [0.1, 0.15) is 5.82 Å². The Morgan fingerprint density at radius 3 is 2.52 bits per heavy atom. The van der Waals surface area contributed by atoms with E-state index in [4.69, 9.17) is 4.74 Å². The standard InChI is InChI=1S/C19H27BrFN3O3/c1-14(2)27-19(26)5-6-22-18(25)13-24-9-7-23(8-10-24)12-15-3-4-16(20)11-17(15)21/h3-4,11,14H,5-10,12-13H2,1-2H3,(H,22,25). The van der Waals surface area contributed by atoms with E-state index in [0.717, 1.165) is 30.7 Å². The summed E-state index contributed by atoms with van der Waals surface area (Å²) in [4.78, 5) is 27.7. The number of esters is 1. The maximum Gasteiger partial charge on any atom is 0.307 e. The summed E-state index contributed by atoms with van der Waals surface area (Å²) in [5.41, 5.74) is 0.678. The van der Waals surface area contributed by atoms with Gasteiger partial charge in [0.05, 0.1) is 19.1 Å². The number of benzene rings is 1. The van der Waals surface area contributed by atoms with Crippen molar-refractivity contribution in [2.24, 2.45) is 0 Å². The van der Waals surface area contributed by atoms with E-state index < -0.39 is 0 Å². The zero-order valence-electron chi connectivity index (χ0n) is 15.8. The van der Waals surface area contributed by atoms with Crippen molar-refractivity contribution in [3.8, 4) is 0 Å². The van der Waals surface area contributed by atoms with Gasteiger partial charge in [-0.15, -0.1) is 0 Å². The van der Waals surface area contributed by atoms with Gasteiger partial charge in [-0.1, -0.05) is 22.0 Å². The van der Waals surface area contributed by atoms with Crippen LogP contribution in [0.1, 0.15) is 25.8 Å². The summed E-state index contributed by atoms with van der Waals surface area (Å²) in [5.74, 6) is -0.610. The minimum absolute atomic E-state index is 0.0975. The van der Waals surface area contributed by atoms with E-state index in [1.54, 1.807) is 19.9 Å². The van der Waals surface area contributed by atoms with Crippen molar-refractivity contribution in [2.45, 2.75) is 32.9 Å². The molecule has 1 aromatic carbocycles. The topological polar surface area (TPSA) is 61.9 Å². The van der Waals surface area contributed by atoms with Crippen LogP contribution in [0.2, 0.25) is 0 Å². The third-order valence-electron chi connectivity index (χ3n) is 4.26. The summed E-state index contributed by atoms with van der Waals surface area (Å²) in [7, 11) is 0. The van der Waals surface area contributed by atoms with Gasteiger partial charge in [0.2, 0.25) is 5.91 Å². The molecule has 0 atom stereocenters. The number of hydrogen-bond acceptors (Lipinski definition) is 5. The number of ether oxygens (including phenoxy) is 1. The molecule has 2 rings (SSSR count). The lowest BCUT2D eigenvalue weighted by atomic mass is 10.2.